The average Bonchev–Trinajstić information content (AvgIpc) is 2.14. The average molecular weight is 138 g/mol. The van der Waals surface area contributed by atoms with Crippen LogP contribution in [0.25, 0.3) is 0 Å². The molecule has 1 aliphatic heterocycles. The van der Waals surface area contributed by atoms with Crippen molar-refractivity contribution >= 4 is 5.97 Å². The van der Waals surface area contributed by atoms with Gasteiger partial charge in [-0.25, -0.2) is 4.79 Å². The Morgan fingerprint density at radius 3 is 3.00 bits per heavy atom. The van der Waals surface area contributed by atoms with Crippen LogP contribution in [-0.4, -0.2) is 12.1 Å². The van der Waals surface area contributed by atoms with Gasteiger partial charge >= 0.3 is 5.97 Å². The third-order valence-electron chi connectivity index (χ3n) is 1.42. The lowest BCUT2D eigenvalue weighted by Gasteiger charge is -2.02. The van der Waals surface area contributed by atoms with Gasteiger partial charge in [-0.1, -0.05) is 6.08 Å². The molecule has 0 N–H and O–H groups in total. The van der Waals surface area contributed by atoms with Crippen LogP contribution in [0.3, 0.4) is 0 Å². The molecule has 0 saturated heterocycles. The number of carbonyl (C=O) groups is 1. The Hall–Kier alpha value is -1.05. The number of hydrogen-bond acceptors (Lipinski definition) is 2. The van der Waals surface area contributed by atoms with Crippen molar-refractivity contribution in [2.75, 3.05) is 0 Å². The highest BCUT2D eigenvalue weighted by Gasteiger charge is 2.20. The summed E-state index contributed by atoms with van der Waals surface area (Å²) in [6.07, 6.45) is 4.21. The highest BCUT2D eigenvalue weighted by Crippen LogP contribution is 2.15. The Labute approximate surface area is 60.2 Å². The molecule has 1 rings (SSSR count). The summed E-state index contributed by atoms with van der Waals surface area (Å²) in [5, 5.41) is 0. The monoisotopic (exact) mass is 138 g/mol. The molecule has 0 bridgehead atoms. The number of cyclic esters (lactones) is 1. The van der Waals surface area contributed by atoms with Crippen LogP contribution >= 0.6 is 0 Å². The van der Waals surface area contributed by atoms with E-state index in [0.29, 0.717) is 12.0 Å². The van der Waals surface area contributed by atoms with E-state index in [0.717, 1.165) is 0 Å². The lowest BCUT2D eigenvalue weighted by atomic mass is 10.2. The van der Waals surface area contributed by atoms with E-state index in [1.54, 1.807) is 13.0 Å². The molecular weight excluding hydrogens is 128 g/mol. The summed E-state index contributed by atoms with van der Waals surface area (Å²) in [5.41, 5.74) is 0.701. The number of hydrogen-bond donors (Lipinski definition) is 0. The van der Waals surface area contributed by atoms with Crippen molar-refractivity contribution < 1.29 is 9.53 Å². The third-order valence-corrected chi connectivity index (χ3v) is 1.42. The SMILES string of the molecule is C=CCC1C=C(C)C(=O)O1. The lowest BCUT2D eigenvalue weighted by Crippen LogP contribution is -2.06. The molecule has 1 aliphatic rings. The van der Waals surface area contributed by atoms with Gasteiger partial charge in [0.1, 0.15) is 6.10 Å². The molecule has 0 aromatic rings. The molecule has 0 aromatic carbocycles. The maximum absolute atomic E-state index is 10.7. The molecule has 0 aromatic heterocycles. The predicted molar refractivity (Wildman–Crippen MR) is 38.5 cm³/mol. The maximum Gasteiger partial charge on any atom is 0.334 e. The van der Waals surface area contributed by atoms with Crippen LogP contribution in [0.5, 0.6) is 0 Å². The molecule has 2 nitrogen and oxygen atoms in total. The summed E-state index contributed by atoms with van der Waals surface area (Å²) in [6.45, 7) is 5.31. The predicted octanol–water partition coefficient (Wildman–Crippen LogP) is 1.43. The largest absolute Gasteiger partial charge is 0.454 e. The topological polar surface area (TPSA) is 26.3 Å². The van der Waals surface area contributed by atoms with E-state index in [9.17, 15) is 4.79 Å². The van der Waals surface area contributed by atoms with Crippen molar-refractivity contribution in [3.8, 4) is 0 Å². The molecule has 1 atom stereocenters. The Bertz CT molecular complexity index is 191. The van der Waals surface area contributed by atoms with Gasteiger partial charge in [-0.2, -0.15) is 0 Å². The number of rotatable bonds is 2. The van der Waals surface area contributed by atoms with Crippen molar-refractivity contribution in [3.63, 3.8) is 0 Å². The van der Waals surface area contributed by atoms with E-state index in [1.165, 1.54) is 0 Å². The zero-order chi connectivity index (χ0) is 7.56. The fourth-order valence-corrected chi connectivity index (χ4v) is 0.892. The first kappa shape index (κ1) is 7.06. The van der Waals surface area contributed by atoms with Crippen LogP contribution in [0, 0.1) is 0 Å². The maximum atomic E-state index is 10.7. The minimum Gasteiger partial charge on any atom is -0.454 e. The Balaban J connectivity index is 2.56. The molecule has 0 spiro atoms. The summed E-state index contributed by atoms with van der Waals surface area (Å²) in [4.78, 5) is 10.7. The van der Waals surface area contributed by atoms with E-state index >= 15 is 0 Å². The second-order valence-electron chi connectivity index (χ2n) is 2.32. The first-order chi connectivity index (χ1) is 4.74. The molecule has 0 saturated carbocycles. The van der Waals surface area contributed by atoms with E-state index in [1.807, 2.05) is 6.08 Å². The third kappa shape index (κ3) is 1.26. The molecule has 0 amide bonds. The zero-order valence-electron chi connectivity index (χ0n) is 5.96. The summed E-state index contributed by atoms with van der Waals surface area (Å²) in [5.74, 6) is -0.202. The molecule has 1 unspecified atom stereocenters. The van der Waals surface area contributed by atoms with Crippen LogP contribution < -0.4 is 0 Å². The molecule has 0 radical (unpaired) electrons. The van der Waals surface area contributed by atoms with Crippen molar-refractivity contribution in [2.45, 2.75) is 19.4 Å². The Morgan fingerprint density at radius 2 is 2.60 bits per heavy atom. The van der Waals surface area contributed by atoms with Crippen molar-refractivity contribution in [2.24, 2.45) is 0 Å². The summed E-state index contributed by atoms with van der Waals surface area (Å²) >= 11 is 0. The second kappa shape index (κ2) is 2.69. The smallest absolute Gasteiger partial charge is 0.334 e. The molecule has 54 valence electrons. The van der Waals surface area contributed by atoms with Crippen LogP contribution in [0.1, 0.15) is 13.3 Å². The second-order valence-corrected chi connectivity index (χ2v) is 2.32. The minimum absolute atomic E-state index is 0.0648. The highest BCUT2D eigenvalue weighted by molar-refractivity contribution is 5.90. The quantitative estimate of drug-likeness (QED) is 0.426. The number of carbonyl (C=O) groups excluding carboxylic acids is 1. The van der Waals surface area contributed by atoms with Gasteiger partial charge in [0, 0.05) is 12.0 Å². The molecule has 0 fully saturated rings. The molecule has 1 heterocycles. The fourth-order valence-electron chi connectivity index (χ4n) is 0.892. The molecule has 2 heteroatoms. The summed E-state index contributed by atoms with van der Waals surface area (Å²) in [6, 6.07) is 0. The van der Waals surface area contributed by atoms with E-state index in [2.05, 4.69) is 6.58 Å². The van der Waals surface area contributed by atoms with Crippen molar-refractivity contribution in [1.29, 1.82) is 0 Å². The Kier molecular flexibility index (Phi) is 1.90. The minimum atomic E-state index is -0.202. The summed E-state index contributed by atoms with van der Waals surface area (Å²) in [7, 11) is 0. The van der Waals surface area contributed by atoms with Crippen molar-refractivity contribution in [1.82, 2.24) is 0 Å². The van der Waals surface area contributed by atoms with Gasteiger partial charge in [0.2, 0.25) is 0 Å². The Morgan fingerprint density at radius 1 is 1.90 bits per heavy atom. The van der Waals surface area contributed by atoms with Gasteiger partial charge in [0.25, 0.3) is 0 Å². The zero-order valence-corrected chi connectivity index (χ0v) is 5.96. The van der Waals surface area contributed by atoms with Crippen LogP contribution in [0.2, 0.25) is 0 Å². The fraction of sp³-hybridized carbons (Fsp3) is 0.375. The van der Waals surface area contributed by atoms with Gasteiger partial charge in [0.05, 0.1) is 0 Å². The van der Waals surface area contributed by atoms with E-state index < -0.39 is 0 Å². The van der Waals surface area contributed by atoms with Gasteiger partial charge in [-0.3, -0.25) is 0 Å². The molecule has 10 heavy (non-hydrogen) atoms. The van der Waals surface area contributed by atoms with Gasteiger partial charge in [0.15, 0.2) is 0 Å². The molecular formula is C8H10O2. The van der Waals surface area contributed by atoms with Gasteiger partial charge in [-0.05, 0) is 13.0 Å². The van der Waals surface area contributed by atoms with E-state index in [4.69, 9.17) is 4.74 Å². The number of ether oxygens (including phenoxy) is 1. The van der Waals surface area contributed by atoms with Gasteiger partial charge < -0.3 is 4.74 Å². The van der Waals surface area contributed by atoms with E-state index in [-0.39, 0.29) is 12.1 Å². The number of esters is 1. The lowest BCUT2D eigenvalue weighted by molar-refractivity contribution is -0.139. The molecule has 0 aliphatic carbocycles. The first-order valence-electron chi connectivity index (χ1n) is 3.24. The standard InChI is InChI=1S/C8H10O2/c1-3-4-7-5-6(2)8(9)10-7/h3,5,7H,1,4H2,2H3. The first-order valence-corrected chi connectivity index (χ1v) is 3.24. The normalized spacial score (nSPS) is 23.9. The van der Waals surface area contributed by atoms with Crippen LogP contribution in [-0.2, 0) is 9.53 Å². The van der Waals surface area contributed by atoms with Crippen molar-refractivity contribution in [3.05, 3.63) is 24.3 Å². The van der Waals surface area contributed by atoms with Gasteiger partial charge in [-0.15, -0.1) is 6.58 Å². The van der Waals surface area contributed by atoms with Crippen LogP contribution in [0.15, 0.2) is 24.3 Å². The highest BCUT2D eigenvalue weighted by atomic mass is 16.5. The van der Waals surface area contributed by atoms with Crippen LogP contribution in [0.4, 0.5) is 0 Å². The summed E-state index contributed by atoms with van der Waals surface area (Å²) < 4.78 is 4.91.